The maximum absolute atomic E-state index is 14.3. The Morgan fingerprint density at radius 1 is 0.460 bits per heavy atom. The van der Waals surface area contributed by atoms with E-state index < -0.39 is 100 Å². The number of nitrogens with zero attached hydrogens (tertiary/aromatic N) is 7. The lowest BCUT2D eigenvalue weighted by molar-refractivity contribution is -0.153. The van der Waals surface area contributed by atoms with Crippen molar-refractivity contribution in [2.24, 2.45) is 16.6 Å². The number of ketones is 4. The van der Waals surface area contributed by atoms with Crippen LogP contribution in [0.3, 0.4) is 0 Å². The number of likely N-dealkylation sites (tertiary alicyclic amines) is 3. The molecular weight excluding hydrogens is 1920 g/mol. The van der Waals surface area contributed by atoms with Crippen LogP contribution in [0.4, 0.5) is 25.8 Å². The van der Waals surface area contributed by atoms with Gasteiger partial charge in [-0.3, -0.25) is 67.9 Å². The van der Waals surface area contributed by atoms with E-state index in [9.17, 15) is 71.9 Å². The quantitative estimate of drug-likeness (QED) is 0.0156. The Bertz CT molecular complexity index is 5590. The Labute approximate surface area is 882 Å². The molecule has 6 aliphatic rings. The average molecular weight is 2080 g/mol. The van der Waals surface area contributed by atoms with Crippen LogP contribution in [0.1, 0.15) is 276 Å². The number of nitrogens with two attached hydrogens (primary N) is 1. The predicted octanol–water partition coefficient (Wildman–Crippen LogP) is 17.0. The van der Waals surface area contributed by atoms with E-state index in [0.29, 0.717) is 162 Å². The van der Waals surface area contributed by atoms with Crippen molar-refractivity contribution in [3.05, 3.63) is 156 Å². The standard InChI is InChI=1S/C55H73N5O11.C33H43NO8.C27H40N4O6/c1-6-55(2,3)51(64)53(66)59-30-13-11-18-44(59)46(61)36-40(21-19-38-20-27-47(68-4)48(34-38)69-5)39-16-15-17-43(35-39)71-37-50(63)56-29-12-9-7-8-10-14-33-70-42-24-22-41(23-25-42)58-31-32-60(54(58)67)45-26-28-49(62)57-52(45)65;1-6-33(2,3)31(38)32(39)34-17-8-7-12-26(34)27(35)20-24(23-10-9-11-25(19-23)42-21-30(36)37)15-13-22-14-16-28(40-4)29(18-22)41-5;1-27(2,3)37-26(35)31-23(32)15-14-22(24(31)33)30-18-17-29(25(30)34)20-10-12-21(13-11-20)36-19-9-7-5-4-6-8-16-28/h15-17,20,22-25,27,34-35,40,44-45H,6-14,18-19,21,26,28-33,36-37H2,1-5H3,(H,56,63)(H,57,62,65);9-11,14,16,18-19,24,26H,6-8,12-13,15,17,20-21H2,1-5H3,(H,36,37);10-13,22H,4-9,14-19,28H2,1-3H3/t40-,44?,45?;24-,26?;/m00./s1. The number of imide groups is 4. The normalized spacial score (nSPS) is 17.4. The van der Waals surface area contributed by atoms with Crippen LogP contribution in [0.5, 0.6) is 46.0 Å². The Morgan fingerprint density at radius 2 is 0.893 bits per heavy atom. The Balaban J connectivity index is 0.000000248. The molecule has 6 atom stereocenters. The largest absolute Gasteiger partial charge is 0.494 e. The van der Waals surface area contributed by atoms with Gasteiger partial charge in [0, 0.05) is 93.7 Å². The number of amides is 12. The highest BCUT2D eigenvalue weighted by molar-refractivity contribution is 6.39. The third kappa shape index (κ3) is 34.3. The number of nitrogens with one attached hydrogen (secondary N) is 2. The topological polar surface area (TPSA) is 432 Å². The molecule has 6 saturated heterocycles. The first-order valence-electron chi connectivity index (χ1n) is 53.2. The molecule has 0 spiro atoms. The molecule has 0 aliphatic carbocycles. The number of unbranched alkanes of at least 4 members (excludes halogenated alkanes) is 10. The van der Waals surface area contributed by atoms with Gasteiger partial charge in [-0.05, 0) is 274 Å². The average Bonchev–Trinajstić information content (AvgIpc) is 1.54. The number of aliphatic carboxylic acids is 1. The fraction of sp³-hybridized carbons (Fsp3) is 0.557. The molecule has 0 bridgehead atoms. The molecule has 6 fully saturated rings. The number of hydrogen-bond acceptors (Lipinski definition) is 25. The molecule has 12 rings (SSSR count). The SMILES string of the molecule is CC(C)(C)OC(=O)N1C(=O)CCC(N2CCN(c3ccc(OCCCCCCCCN)cc3)C2=O)C1=O.CCC(C)(C)C(=O)C(=O)N1CCCCC1C(=O)C[C@H](CCc1ccc(OC)c(OC)c1)c1cccc(OCC(=O)NCCCCCCCCOc2ccc(N3CCN(C4CCC(=O)NC4=O)C3=O)cc2)c1.CCC(C)(C)C(=O)C(=O)N1CCCCC1C(=O)C[C@H](CCc1ccc(OC)c(OC)c1)c1cccc(OCC(=O)O)c1. The zero-order valence-electron chi connectivity index (χ0n) is 89.8. The zero-order chi connectivity index (χ0) is 109. The lowest BCUT2D eigenvalue weighted by Crippen LogP contribution is -2.57. The van der Waals surface area contributed by atoms with Crippen LogP contribution in [0.15, 0.2) is 133 Å². The molecule has 5 N–H and O–H groups in total. The van der Waals surface area contributed by atoms with Gasteiger partial charge in [0.1, 0.15) is 40.7 Å². The van der Waals surface area contributed by atoms with Gasteiger partial charge in [0.25, 0.3) is 23.6 Å². The summed E-state index contributed by atoms with van der Waals surface area (Å²) in [5.74, 6) is -1.19. The van der Waals surface area contributed by atoms with E-state index in [-0.39, 0.29) is 86.0 Å². The number of aryl methyl sites for hydroxylation is 2. The van der Waals surface area contributed by atoms with Crippen LogP contribution in [-0.2, 0) is 75.1 Å². The fourth-order valence-corrected chi connectivity index (χ4v) is 19.2. The molecule has 150 heavy (non-hydrogen) atoms. The summed E-state index contributed by atoms with van der Waals surface area (Å²) in [6, 6.07) is 37.4. The van der Waals surface area contributed by atoms with Crippen molar-refractivity contribution in [2.75, 3.05) is 117 Å². The minimum Gasteiger partial charge on any atom is -0.494 e. The van der Waals surface area contributed by atoms with Crippen LogP contribution >= 0.6 is 0 Å². The molecule has 816 valence electrons. The molecule has 12 amide bonds. The van der Waals surface area contributed by atoms with Gasteiger partial charge in [-0.15, -0.1) is 0 Å². The van der Waals surface area contributed by atoms with Gasteiger partial charge in [0.05, 0.1) is 53.7 Å². The summed E-state index contributed by atoms with van der Waals surface area (Å²) in [6.45, 7) is 20.1. The number of rotatable bonds is 53. The minimum atomic E-state index is -1.08. The van der Waals surface area contributed by atoms with Crippen LogP contribution < -0.4 is 64.1 Å². The van der Waals surface area contributed by atoms with E-state index in [1.807, 2.05) is 123 Å². The second kappa shape index (κ2) is 58.1. The van der Waals surface area contributed by atoms with Crippen LogP contribution in [0.25, 0.3) is 0 Å². The number of carbonyl (C=O) groups excluding carboxylic acids is 14. The van der Waals surface area contributed by atoms with E-state index in [4.69, 9.17) is 53.5 Å². The van der Waals surface area contributed by atoms with Crippen molar-refractivity contribution in [2.45, 2.75) is 297 Å². The molecule has 0 saturated carbocycles. The summed E-state index contributed by atoms with van der Waals surface area (Å²) >= 11 is 0. The number of benzene rings is 6. The van der Waals surface area contributed by atoms with Crippen LogP contribution in [-0.4, -0.2) is 255 Å². The third-order valence-corrected chi connectivity index (χ3v) is 28.7. The first kappa shape index (κ1) is 118. The number of urea groups is 2. The molecule has 4 unspecified atom stereocenters. The van der Waals surface area contributed by atoms with Crippen LogP contribution in [0.2, 0.25) is 0 Å². The monoisotopic (exact) mass is 2080 g/mol. The number of anilines is 2. The van der Waals surface area contributed by atoms with Crippen LogP contribution in [0, 0.1) is 10.8 Å². The maximum atomic E-state index is 14.3. The minimum absolute atomic E-state index is 0.0147. The van der Waals surface area contributed by atoms with Crippen molar-refractivity contribution < 1.29 is 120 Å². The number of carboxylic acids is 1. The number of ether oxygens (including phenoxy) is 9. The van der Waals surface area contributed by atoms with Gasteiger partial charge in [-0.25, -0.2) is 19.2 Å². The molecule has 6 aliphatic heterocycles. The summed E-state index contributed by atoms with van der Waals surface area (Å²) in [4.78, 5) is 203. The summed E-state index contributed by atoms with van der Waals surface area (Å²) in [5.41, 5.74) is 8.22. The number of Topliss-reactive ketones (excluding diaryl/α,β-unsaturated/α-hetero) is 4. The number of carboxylic acid groups (broad SMARTS) is 1. The van der Waals surface area contributed by atoms with Gasteiger partial charge in [-0.2, -0.15) is 4.90 Å². The van der Waals surface area contributed by atoms with E-state index in [1.165, 1.54) is 38.9 Å². The smallest absolute Gasteiger partial charge is 0.424 e. The van der Waals surface area contributed by atoms with Gasteiger partial charge >= 0.3 is 24.1 Å². The highest BCUT2D eigenvalue weighted by Crippen LogP contribution is 2.40. The van der Waals surface area contributed by atoms with E-state index in [2.05, 4.69) is 10.6 Å². The molecular formula is C115H156N10O25. The van der Waals surface area contributed by atoms with Crippen molar-refractivity contribution in [1.29, 1.82) is 0 Å². The van der Waals surface area contributed by atoms with E-state index in [1.54, 1.807) is 111 Å². The van der Waals surface area contributed by atoms with Gasteiger partial charge in [0.2, 0.25) is 29.3 Å². The van der Waals surface area contributed by atoms with E-state index >= 15 is 0 Å². The summed E-state index contributed by atoms with van der Waals surface area (Å²) in [7, 11) is 6.34. The number of carbonyl (C=O) groups is 15. The van der Waals surface area contributed by atoms with Crippen molar-refractivity contribution in [1.82, 2.24) is 35.1 Å². The molecule has 35 nitrogen and oxygen atoms in total. The first-order valence-corrected chi connectivity index (χ1v) is 53.2. The summed E-state index contributed by atoms with van der Waals surface area (Å²) < 4.78 is 50.2. The molecule has 0 aromatic heterocycles. The summed E-state index contributed by atoms with van der Waals surface area (Å²) in [6.07, 6.45) is 20.3. The van der Waals surface area contributed by atoms with Crippen molar-refractivity contribution >= 4 is 100.0 Å². The lowest BCUT2D eigenvalue weighted by Gasteiger charge is -2.36. The highest BCUT2D eigenvalue weighted by Gasteiger charge is 2.49. The molecule has 6 heterocycles. The van der Waals surface area contributed by atoms with Gasteiger partial charge < -0.3 is 78.4 Å². The van der Waals surface area contributed by atoms with Crippen molar-refractivity contribution in [3.8, 4) is 46.0 Å². The first-order chi connectivity index (χ1) is 71.8. The second-order valence-electron chi connectivity index (χ2n) is 41.4. The Kier molecular flexibility index (Phi) is 45.8. The number of hydrogen-bond donors (Lipinski definition) is 4. The molecule has 0 radical (unpaired) electrons. The van der Waals surface area contributed by atoms with E-state index in [0.717, 1.165) is 129 Å². The third-order valence-electron chi connectivity index (χ3n) is 28.7. The molecule has 6 aromatic carbocycles. The zero-order valence-corrected chi connectivity index (χ0v) is 89.8. The van der Waals surface area contributed by atoms with Gasteiger partial charge in [-0.1, -0.05) is 129 Å². The van der Waals surface area contributed by atoms with Gasteiger partial charge in [0.15, 0.2) is 47.8 Å². The predicted molar refractivity (Wildman–Crippen MR) is 566 cm³/mol. The Morgan fingerprint density at radius 3 is 1.33 bits per heavy atom. The summed E-state index contributed by atoms with van der Waals surface area (Å²) in [5, 5.41) is 14.3. The fourth-order valence-electron chi connectivity index (χ4n) is 19.2. The number of piperidine rings is 4. The number of methoxy groups -OCH3 is 4. The maximum Gasteiger partial charge on any atom is 0.424 e. The molecule has 35 heteroatoms. The molecule has 6 aromatic rings. The Hall–Kier alpha value is -13.5. The van der Waals surface area contributed by atoms with Crippen molar-refractivity contribution in [3.63, 3.8) is 0 Å². The lowest BCUT2D eigenvalue weighted by atomic mass is 9.82. The highest BCUT2D eigenvalue weighted by atomic mass is 16.6. The second-order valence-corrected chi connectivity index (χ2v) is 41.4.